The van der Waals surface area contributed by atoms with Crippen molar-refractivity contribution in [1.82, 2.24) is 4.90 Å². The third-order valence-corrected chi connectivity index (χ3v) is 4.57. The summed E-state index contributed by atoms with van der Waals surface area (Å²) in [5, 5.41) is 9.29. The quantitative estimate of drug-likeness (QED) is 0.744. The van der Waals surface area contributed by atoms with Crippen molar-refractivity contribution in [2.75, 3.05) is 19.7 Å². The first kappa shape index (κ1) is 12.3. The van der Waals surface area contributed by atoms with E-state index >= 15 is 0 Å². The summed E-state index contributed by atoms with van der Waals surface area (Å²) in [4.78, 5) is 2.59. The first-order valence-corrected chi connectivity index (χ1v) is 6.80. The molecule has 0 saturated heterocycles. The highest BCUT2D eigenvalue weighted by molar-refractivity contribution is 4.97. The number of aliphatic hydroxyl groups is 1. The van der Waals surface area contributed by atoms with Crippen LogP contribution in [0.1, 0.15) is 45.4 Å². The maximum Gasteiger partial charge on any atom is 0.0611 e. The lowest BCUT2D eigenvalue weighted by Gasteiger charge is -2.35. The summed E-state index contributed by atoms with van der Waals surface area (Å²) in [6, 6.07) is 0.614. The van der Waals surface area contributed by atoms with Crippen molar-refractivity contribution in [2.24, 2.45) is 11.7 Å². The lowest BCUT2D eigenvalue weighted by Crippen LogP contribution is -2.45. The van der Waals surface area contributed by atoms with Gasteiger partial charge in [0, 0.05) is 18.1 Å². The number of rotatable bonds is 5. The minimum atomic E-state index is -0.294. The summed E-state index contributed by atoms with van der Waals surface area (Å²) in [5.41, 5.74) is 5.85. The van der Waals surface area contributed by atoms with Crippen LogP contribution in [0.15, 0.2) is 0 Å². The van der Waals surface area contributed by atoms with Crippen LogP contribution < -0.4 is 5.73 Å². The largest absolute Gasteiger partial charge is 0.394 e. The smallest absolute Gasteiger partial charge is 0.0611 e. The number of nitrogens with two attached hydrogens (primary N) is 1. The van der Waals surface area contributed by atoms with E-state index < -0.39 is 0 Å². The van der Waals surface area contributed by atoms with Gasteiger partial charge < -0.3 is 15.7 Å². The van der Waals surface area contributed by atoms with Gasteiger partial charge in [0.2, 0.25) is 0 Å². The van der Waals surface area contributed by atoms with Crippen LogP contribution >= 0.6 is 0 Å². The second-order valence-corrected chi connectivity index (χ2v) is 5.80. The van der Waals surface area contributed by atoms with E-state index in [0.29, 0.717) is 6.04 Å². The lowest BCUT2D eigenvalue weighted by molar-refractivity contribution is 0.129. The maximum atomic E-state index is 9.29. The molecule has 2 saturated carbocycles. The Hall–Kier alpha value is -0.120. The fourth-order valence-electron chi connectivity index (χ4n) is 3.13. The fraction of sp³-hybridized carbons (Fsp3) is 1.00. The predicted octanol–water partition coefficient (Wildman–Crippen LogP) is 1.35. The van der Waals surface area contributed by atoms with E-state index in [4.69, 9.17) is 5.73 Å². The van der Waals surface area contributed by atoms with Gasteiger partial charge in [-0.1, -0.05) is 13.3 Å². The molecule has 0 aromatic rings. The Labute approximate surface area is 99.0 Å². The third-order valence-electron chi connectivity index (χ3n) is 4.57. The summed E-state index contributed by atoms with van der Waals surface area (Å²) < 4.78 is 0. The molecule has 0 heterocycles. The average molecular weight is 226 g/mol. The first-order chi connectivity index (χ1) is 7.67. The lowest BCUT2D eigenvalue weighted by atomic mass is 9.84. The molecule has 2 fully saturated rings. The van der Waals surface area contributed by atoms with Gasteiger partial charge in [-0.3, -0.25) is 0 Å². The zero-order valence-corrected chi connectivity index (χ0v) is 10.5. The van der Waals surface area contributed by atoms with Crippen molar-refractivity contribution in [3.8, 4) is 0 Å². The van der Waals surface area contributed by atoms with Crippen LogP contribution in [0.2, 0.25) is 0 Å². The molecule has 2 aliphatic carbocycles. The molecule has 2 unspecified atom stereocenters. The second kappa shape index (κ2) is 5.03. The molecule has 0 radical (unpaired) electrons. The summed E-state index contributed by atoms with van der Waals surface area (Å²) >= 11 is 0. The molecule has 0 amide bonds. The third kappa shape index (κ3) is 2.58. The van der Waals surface area contributed by atoms with E-state index in [-0.39, 0.29) is 12.1 Å². The normalized spacial score (nSPS) is 35.6. The number of hydrogen-bond acceptors (Lipinski definition) is 3. The maximum absolute atomic E-state index is 9.29. The van der Waals surface area contributed by atoms with Crippen molar-refractivity contribution in [3.63, 3.8) is 0 Å². The van der Waals surface area contributed by atoms with Gasteiger partial charge in [-0.05, 0) is 44.6 Å². The van der Waals surface area contributed by atoms with Gasteiger partial charge in [-0.15, -0.1) is 0 Å². The molecule has 3 heteroatoms. The fourth-order valence-corrected chi connectivity index (χ4v) is 3.13. The highest BCUT2D eigenvalue weighted by Gasteiger charge is 2.38. The van der Waals surface area contributed by atoms with Crippen LogP contribution in [0.5, 0.6) is 0 Å². The molecular formula is C13H26N2O. The molecule has 3 nitrogen and oxygen atoms in total. The Bertz CT molecular complexity index is 230. The predicted molar refractivity (Wildman–Crippen MR) is 66.2 cm³/mol. The molecule has 2 rings (SSSR count). The number of aliphatic hydroxyl groups excluding tert-OH is 1. The molecule has 2 atom stereocenters. The minimum Gasteiger partial charge on any atom is -0.394 e. The van der Waals surface area contributed by atoms with Crippen molar-refractivity contribution >= 4 is 0 Å². The van der Waals surface area contributed by atoms with Gasteiger partial charge in [0.25, 0.3) is 0 Å². The van der Waals surface area contributed by atoms with Crippen LogP contribution in [-0.4, -0.2) is 41.3 Å². The zero-order chi connectivity index (χ0) is 11.6. The van der Waals surface area contributed by atoms with Gasteiger partial charge >= 0.3 is 0 Å². The highest BCUT2D eigenvalue weighted by atomic mass is 16.3. The summed E-state index contributed by atoms with van der Waals surface area (Å²) in [7, 11) is 0. The molecule has 94 valence electrons. The SMILES string of the molecule is CCN(CC1CCC1)C1CCC(N)(CO)C1. The molecule has 0 aliphatic heterocycles. The Balaban J connectivity index is 1.85. The molecule has 2 aliphatic rings. The van der Waals surface area contributed by atoms with Gasteiger partial charge in [-0.2, -0.15) is 0 Å². The van der Waals surface area contributed by atoms with Crippen molar-refractivity contribution in [2.45, 2.75) is 57.0 Å². The summed E-state index contributed by atoms with van der Waals surface area (Å²) in [5.74, 6) is 0.932. The molecule has 0 bridgehead atoms. The van der Waals surface area contributed by atoms with Gasteiger partial charge in [0.05, 0.1) is 6.61 Å². The molecule has 16 heavy (non-hydrogen) atoms. The van der Waals surface area contributed by atoms with Crippen LogP contribution in [0.4, 0.5) is 0 Å². The molecule has 0 spiro atoms. The molecular weight excluding hydrogens is 200 g/mol. The molecule has 3 N–H and O–H groups in total. The summed E-state index contributed by atoms with van der Waals surface area (Å²) in [6.07, 6.45) is 7.37. The van der Waals surface area contributed by atoms with E-state index in [0.717, 1.165) is 31.7 Å². The van der Waals surface area contributed by atoms with E-state index in [1.165, 1.54) is 25.8 Å². The molecule has 0 aromatic carbocycles. The standard InChI is InChI=1S/C13H26N2O/c1-2-15(9-11-4-3-5-11)12-6-7-13(14,8-12)10-16/h11-12,16H,2-10,14H2,1H3. The van der Waals surface area contributed by atoms with E-state index in [1.54, 1.807) is 0 Å². The van der Waals surface area contributed by atoms with Crippen LogP contribution in [0.25, 0.3) is 0 Å². The minimum absolute atomic E-state index is 0.143. The topological polar surface area (TPSA) is 49.5 Å². The van der Waals surface area contributed by atoms with Gasteiger partial charge in [0.1, 0.15) is 0 Å². The Morgan fingerprint density at radius 2 is 2.12 bits per heavy atom. The van der Waals surface area contributed by atoms with Crippen LogP contribution in [0, 0.1) is 5.92 Å². The number of hydrogen-bond donors (Lipinski definition) is 2. The van der Waals surface area contributed by atoms with Crippen molar-refractivity contribution in [3.05, 3.63) is 0 Å². The Morgan fingerprint density at radius 3 is 2.56 bits per heavy atom. The van der Waals surface area contributed by atoms with Gasteiger partial charge in [-0.25, -0.2) is 0 Å². The average Bonchev–Trinajstić information content (AvgIpc) is 2.61. The van der Waals surface area contributed by atoms with Gasteiger partial charge in [0.15, 0.2) is 0 Å². The van der Waals surface area contributed by atoms with Crippen LogP contribution in [0.3, 0.4) is 0 Å². The second-order valence-electron chi connectivity index (χ2n) is 5.80. The van der Waals surface area contributed by atoms with E-state index in [2.05, 4.69) is 11.8 Å². The number of nitrogens with zero attached hydrogens (tertiary/aromatic N) is 1. The first-order valence-electron chi connectivity index (χ1n) is 6.80. The van der Waals surface area contributed by atoms with Crippen molar-refractivity contribution in [1.29, 1.82) is 0 Å². The zero-order valence-electron chi connectivity index (χ0n) is 10.5. The van der Waals surface area contributed by atoms with Crippen LogP contribution in [-0.2, 0) is 0 Å². The van der Waals surface area contributed by atoms with E-state index in [9.17, 15) is 5.11 Å². The monoisotopic (exact) mass is 226 g/mol. The summed E-state index contributed by atoms with van der Waals surface area (Å²) in [6.45, 7) is 4.77. The Morgan fingerprint density at radius 1 is 1.38 bits per heavy atom. The van der Waals surface area contributed by atoms with Crippen molar-refractivity contribution < 1.29 is 5.11 Å². The highest BCUT2D eigenvalue weighted by Crippen LogP contribution is 2.33. The Kier molecular flexibility index (Phi) is 3.88. The van der Waals surface area contributed by atoms with E-state index in [1.807, 2.05) is 0 Å². The molecule has 0 aromatic heterocycles.